The normalized spacial score (nSPS) is 12.3. The molecule has 0 aromatic heterocycles. The summed E-state index contributed by atoms with van der Waals surface area (Å²) in [5, 5.41) is 0. The quantitative estimate of drug-likeness (QED) is 0.0261. The van der Waals surface area contributed by atoms with Gasteiger partial charge in [0.15, 0.2) is 6.10 Å². The van der Waals surface area contributed by atoms with Crippen molar-refractivity contribution in [2.24, 2.45) is 0 Å². The van der Waals surface area contributed by atoms with Gasteiger partial charge in [-0.2, -0.15) is 0 Å². The monoisotopic (exact) mass is 1160 g/mol. The van der Waals surface area contributed by atoms with Crippen LogP contribution in [0.25, 0.3) is 0 Å². The first-order valence-electron chi connectivity index (χ1n) is 37.1. The summed E-state index contributed by atoms with van der Waals surface area (Å²) in [4.78, 5) is 38.5. The lowest BCUT2D eigenvalue weighted by molar-refractivity contribution is -0.167. The Hall–Kier alpha value is -2.63. The summed E-state index contributed by atoms with van der Waals surface area (Å²) < 4.78 is 17.0. The molecule has 6 nitrogen and oxygen atoms in total. The second kappa shape index (κ2) is 71.8. The number of esters is 3. The van der Waals surface area contributed by atoms with E-state index in [-0.39, 0.29) is 31.1 Å². The van der Waals surface area contributed by atoms with E-state index in [0.29, 0.717) is 19.3 Å². The minimum atomic E-state index is -0.773. The number of hydrogen-bond donors (Lipinski definition) is 0. The topological polar surface area (TPSA) is 78.9 Å². The Bertz CT molecular complexity index is 1430. The van der Waals surface area contributed by atoms with Crippen LogP contribution in [0.15, 0.2) is 48.6 Å². The van der Waals surface area contributed by atoms with E-state index >= 15 is 0 Å². The van der Waals surface area contributed by atoms with Gasteiger partial charge < -0.3 is 14.2 Å². The first-order valence-corrected chi connectivity index (χ1v) is 37.1. The predicted molar refractivity (Wildman–Crippen MR) is 362 cm³/mol. The van der Waals surface area contributed by atoms with Crippen molar-refractivity contribution in [2.45, 2.75) is 412 Å². The van der Waals surface area contributed by atoms with Crippen LogP contribution in [0.5, 0.6) is 0 Å². The third-order valence-electron chi connectivity index (χ3n) is 16.8. The van der Waals surface area contributed by atoms with Crippen molar-refractivity contribution in [3.05, 3.63) is 48.6 Å². The van der Waals surface area contributed by atoms with Crippen LogP contribution in [0.4, 0.5) is 0 Å². The van der Waals surface area contributed by atoms with E-state index < -0.39 is 6.10 Å². The molecule has 0 saturated carbocycles. The van der Waals surface area contributed by atoms with E-state index in [4.69, 9.17) is 14.2 Å². The maximum atomic E-state index is 13.0. The number of carbonyl (C=O) groups is 3. The summed E-state index contributed by atoms with van der Waals surface area (Å²) in [5.41, 5.74) is 0. The van der Waals surface area contributed by atoms with E-state index in [1.807, 2.05) is 0 Å². The number of allylic oxidation sites excluding steroid dienone is 8. The lowest BCUT2D eigenvalue weighted by Crippen LogP contribution is -2.30. The summed E-state index contributed by atoms with van der Waals surface area (Å²) in [7, 11) is 0. The van der Waals surface area contributed by atoms with Crippen molar-refractivity contribution in [1.29, 1.82) is 0 Å². The number of ether oxygens (including phenoxy) is 3. The predicted octanol–water partition coefficient (Wildman–Crippen LogP) is 25.7. The molecule has 0 rings (SSSR count). The lowest BCUT2D eigenvalue weighted by Gasteiger charge is -2.18. The Morgan fingerprint density at radius 3 is 0.687 bits per heavy atom. The SMILES string of the molecule is CCCCCCC/C=C\C/C=C\C/C=C\CCCCCCCCCCCCCCCCC(=O)OCC(COC(=O)CCCCCCCCCCCCCCCCCCC)OC(=O)CCCCCCCCCCC/C=C\CCCCCCCC. The fraction of sp³-hybridized carbons (Fsp3) is 0.857. The molecule has 6 heteroatoms. The standard InChI is InChI=1S/C77H142O6/c1-4-7-10-13-16-19-22-25-28-31-33-34-35-36-37-38-39-40-41-42-44-46-49-52-55-58-61-64-67-70-76(79)82-73-74(72-81-75(78)69-66-63-60-57-54-51-48-45-30-27-24-21-18-15-12-9-6-3)83-77(80)71-68-65-62-59-56-53-50-47-43-32-29-26-23-20-17-14-11-8-5-2/h22,25-26,29,31,33,35-36,74H,4-21,23-24,27-28,30,32,34,37-73H2,1-3H3/b25-22-,29-26-,33-31-,36-35-. The summed E-state index contributed by atoms with van der Waals surface area (Å²) in [6, 6.07) is 0. The van der Waals surface area contributed by atoms with Crippen molar-refractivity contribution in [3.63, 3.8) is 0 Å². The van der Waals surface area contributed by atoms with Gasteiger partial charge in [-0.15, -0.1) is 0 Å². The van der Waals surface area contributed by atoms with Gasteiger partial charge in [0.1, 0.15) is 13.2 Å². The summed E-state index contributed by atoms with van der Waals surface area (Å²) in [5.74, 6) is -0.840. The number of hydrogen-bond acceptors (Lipinski definition) is 6. The molecule has 83 heavy (non-hydrogen) atoms. The molecule has 0 radical (unpaired) electrons. The van der Waals surface area contributed by atoms with E-state index in [2.05, 4.69) is 69.4 Å². The average molecular weight is 1160 g/mol. The van der Waals surface area contributed by atoms with Gasteiger partial charge in [0.05, 0.1) is 0 Å². The molecule has 0 aromatic rings. The molecule has 0 bridgehead atoms. The minimum Gasteiger partial charge on any atom is -0.462 e. The van der Waals surface area contributed by atoms with Crippen LogP contribution >= 0.6 is 0 Å². The zero-order valence-corrected chi connectivity index (χ0v) is 56.0. The lowest BCUT2D eigenvalue weighted by atomic mass is 10.0. The van der Waals surface area contributed by atoms with E-state index in [1.165, 1.54) is 295 Å². The van der Waals surface area contributed by atoms with Gasteiger partial charge in [-0.05, 0) is 83.5 Å². The summed E-state index contributed by atoms with van der Waals surface area (Å²) in [6.07, 6.45) is 91.4. The van der Waals surface area contributed by atoms with Crippen molar-refractivity contribution in [3.8, 4) is 0 Å². The molecule has 0 aliphatic heterocycles. The average Bonchev–Trinajstić information content (AvgIpc) is 3.49. The highest BCUT2D eigenvalue weighted by Gasteiger charge is 2.19. The second-order valence-corrected chi connectivity index (χ2v) is 25.2. The molecule has 0 heterocycles. The maximum absolute atomic E-state index is 13.0. The van der Waals surface area contributed by atoms with Gasteiger partial charge in [-0.25, -0.2) is 0 Å². The molecular formula is C77H142O6. The molecule has 486 valence electrons. The van der Waals surface area contributed by atoms with Gasteiger partial charge in [-0.3, -0.25) is 14.4 Å². The van der Waals surface area contributed by atoms with Gasteiger partial charge in [-0.1, -0.05) is 352 Å². The first-order chi connectivity index (χ1) is 41.0. The fourth-order valence-electron chi connectivity index (χ4n) is 11.2. The zero-order chi connectivity index (χ0) is 59.9. The van der Waals surface area contributed by atoms with Crippen molar-refractivity contribution in [1.82, 2.24) is 0 Å². The van der Waals surface area contributed by atoms with Crippen LogP contribution in [-0.2, 0) is 28.6 Å². The van der Waals surface area contributed by atoms with Crippen LogP contribution in [-0.4, -0.2) is 37.2 Å². The number of unbranched alkanes of at least 4 members (excludes halogenated alkanes) is 50. The van der Waals surface area contributed by atoms with Gasteiger partial charge in [0, 0.05) is 19.3 Å². The molecule has 0 fully saturated rings. The van der Waals surface area contributed by atoms with E-state index in [0.717, 1.165) is 70.6 Å². The van der Waals surface area contributed by atoms with Crippen LogP contribution in [0.2, 0.25) is 0 Å². The van der Waals surface area contributed by atoms with Crippen molar-refractivity contribution < 1.29 is 28.6 Å². The van der Waals surface area contributed by atoms with E-state index in [9.17, 15) is 14.4 Å². The Morgan fingerprint density at radius 1 is 0.241 bits per heavy atom. The largest absolute Gasteiger partial charge is 0.462 e. The molecule has 0 saturated heterocycles. The fourth-order valence-corrected chi connectivity index (χ4v) is 11.2. The number of carbonyl (C=O) groups excluding carboxylic acids is 3. The highest BCUT2D eigenvalue weighted by molar-refractivity contribution is 5.71. The van der Waals surface area contributed by atoms with Crippen LogP contribution in [0.1, 0.15) is 406 Å². The number of rotatable bonds is 69. The van der Waals surface area contributed by atoms with E-state index in [1.54, 1.807) is 0 Å². The highest BCUT2D eigenvalue weighted by atomic mass is 16.6. The Kier molecular flexibility index (Phi) is 69.6. The third-order valence-corrected chi connectivity index (χ3v) is 16.8. The van der Waals surface area contributed by atoms with Gasteiger partial charge in [0.25, 0.3) is 0 Å². The zero-order valence-electron chi connectivity index (χ0n) is 56.0. The molecule has 0 aliphatic rings. The molecule has 0 N–H and O–H groups in total. The van der Waals surface area contributed by atoms with Gasteiger partial charge in [0.2, 0.25) is 0 Å². The van der Waals surface area contributed by atoms with Gasteiger partial charge >= 0.3 is 17.9 Å². The summed E-state index contributed by atoms with van der Waals surface area (Å²) >= 11 is 0. The molecule has 1 unspecified atom stereocenters. The maximum Gasteiger partial charge on any atom is 0.306 e. The Morgan fingerprint density at radius 2 is 0.434 bits per heavy atom. The Labute approximate surface area is 518 Å². The van der Waals surface area contributed by atoms with Crippen LogP contribution in [0.3, 0.4) is 0 Å². The van der Waals surface area contributed by atoms with Crippen LogP contribution < -0.4 is 0 Å². The second-order valence-electron chi connectivity index (χ2n) is 25.2. The highest BCUT2D eigenvalue weighted by Crippen LogP contribution is 2.18. The summed E-state index contributed by atoms with van der Waals surface area (Å²) in [6.45, 7) is 6.70. The van der Waals surface area contributed by atoms with Crippen LogP contribution in [0, 0.1) is 0 Å². The first kappa shape index (κ1) is 80.4. The molecular weight excluding hydrogens is 1020 g/mol. The molecule has 0 aliphatic carbocycles. The minimum absolute atomic E-state index is 0.0683. The third kappa shape index (κ3) is 70.0. The molecule has 1 atom stereocenters. The molecule has 0 amide bonds. The van der Waals surface area contributed by atoms with Crippen molar-refractivity contribution in [2.75, 3.05) is 13.2 Å². The molecule has 0 spiro atoms. The van der Waals surface area contributed by atoms with Crippen molar-refractivity contribution >= 4 is 17.9 Å². The molecule has 0 aromatic carbocycles. The Balaban J connectivity index is 4.26. The smallest absolute Gasteiger partial charge is 0.306 e.